The molecule has 1 fully saturated rings. The number of amides is 2. The van der Waals surface area contributed by atoms with Crippen molar-refractivity contribution in [3.63, 3.8) is 0 Å². The number of carboxylic acids is 1. The van der Waals surface area contributed by atoms with Crippen LogP contribution in [0.15, 0.2) is 31.2 Å². The summed E-state index contributed by atoms with van der Waals surface area (Å²) < 4.78 is 1.24. The van der Waals surface area contributed by atoms with Crippen LogP contribution in [-0.2, 0) is 31.1 Å². The molecule has 0 radical (unpaired) electrons. The van der Waals surface area contributed by atoms with Gasteiger partial charge in [-0.3, -0.25) is 38.7 Å². The zero-order valence-corrected chi connectivity index (χ0v) is 19.8. The fourth-order valence-electron chi connectivity index (χ4n) is 3.22. The second kappa shape index (κ2) is 10.3. The van der Waals surface area contributed by atoms with E-state index in [0.29, 0.717) is 5.57 Å². The number of thioether (sulfide) groups is 2. The zero-order valence-electron chi connectivity index (χ0n) is 18.2. The molecule has 2 atom stereocenters. The Hall–Kier alpha value is -3.40. The van der Waals surface area contributed by atoms with Crippen molar-refractivity contribution in [1.29, 1.82) is 0 Å². The van der Waals surface area contributed by atoms with Crippen LogP contribution in [0, 0.1) is 0 Å². The minimum Gasteiger partial charge on any atom is -0.477 e. The van der Waals surface area contributed by atoms with Gasteiger partial charge < -0.3 is 15.3 Å². The first-order valence-electron chi connectivity index (χ1n) is 9.76. The second-order valence-corrected chi connectivity index (χ2v) is 9.05. The lowest BCUT2D eigenvalue weighted by molar-refractivity contribution is -0.150. The Bertz CT molecular complexity index is 1240. The van der Waals surface area contributed by atoms with E-state index in [1.54, 1.807) is 0 Å². The summed E-state index contributed by atoms with van der Waals surface area (Å²) in [6.45, 7) is 1.54. The van der Waals surface area contributed by atoms with E-state index in [9.17, 15) is 33.9 Å². The third-order valence-electron chi connectivity index (χ3n) is 4.84. The number of oxime groups is 1. The minimum absolute atomic E-state index is 0.00120. The number of carboxylic acid groups (broad SMARTS) is 1. The highest BCUT2D eigenvalue weighted by Gasteiger charge is 2.54. The van der Waals surface area contributed by atoms with E-state index in [1.807, 2.05) is 0 Å². The van der Waals surface area contributed by atoms with Crippen molar-refractivity contribution in [3.8, 4) is 0 Å². The van der Waals surface area contributed by atoms with Crippen molar-refractivity contribution in [2.24, 2.45) is 12.2 Å². The summed E-state index contributed by atoms with van der Waals surface area (Å²) >= 11 is 2.26. The number of aromatic amines is 1. The highest BCUT2D eigenvalue weighted by Crippen LogP contribution is 2.41. The molecule has 2 amide bonds. The van der Waals surface area contributed by atoms with Crippen LogP contribution in [0.25, 0.3) is 0 Å². The number of aromatic nitrogens is 3. The average Bonchev–Trinajstić information content (AvgIpc) is 2.80. The van der Waals surface area contributed by atoms with Crippen molar-refractivity contribution in [2.75, 3.05) is 18.6 Å². The Morgan fingerprint density at radius 2 is 2.06 bits per heavy atom. The highest BCUT2D eigenvalue weighted by atomic mass is 32.2. The Morgan fingerprint density at radius 1 is 1.35 bits per heavy atom. The monoisotopic (exact) mass is 512 g/mol. The van der Waals surface area contributed by atoms with Gasteiger partial charge in [-0.25, -0.2) is 4.79 Å². The van der Waals surface area contributed by atoms with Gasteiger partial charge in [0, 0.05) is 25.0 Å². The molecule has 0 saturated carbocycles. The largest absolute Gasteiger partial charge is 0.477 e. The molecule has 14 nitrogen and oxygen atoms in total. The lowest BCUT2D eigenvalue weighted by atomic mass is 10.0. The van der Waals surface area contributed by atoms with Crippen LogP contribution in [0.4, 0.5) is 0 Å². The number of nitrogens with one attached hydrogen (secondary N) is 2. The van der Waals surface area contributed by atoms with Crippen molar-refractivity contribution in [1.82, 2.24) is 25.0 Å². The maximum absolute atomic E-state index is 12.8. The third-order valence-corrected chi connectivity index (χ3v) is 7.30. The third kappa shape index (κ3) is 4.77. The van der Waals surface area contributed by atoms with Gasteiger partial charge in [-0.1, -0.05) is 23.8 Å². The van der Waals surface area contributed by atoms with E-state index >= 15 is 0 Å². The normalized spacial score (nSPS) is 19.9. The van der Waals surface area contributed by atoms with Crippen LogP contribution in [-0.4, -0.2) is 84.1 Å². The number of hydrogen-bond acceptors (Lipinski definition) is 11. The smallest absolute Gasteiger partial charge is 0.352 e. The lowest BCUT2D eigenvalue weighted by Gasteiger charge is -2.49. The number of carbonyl (C=O) groups is 4. The van der Waals surface area contributed by atoms with Crippen LogP contribution in [0.5, 0.6) is 0 Å². The van der Waals surface area contributed by atoms with E-state index in [1.165, 1.54) is 37.5 Å². The predicted molar refractivity (Wildman–Crippen MR) is 120 cm³/mol. The second-order valence-electron chi connectivity index (χ2n) is 7.01. The number of fused-ring (bicyclic) bond motifs is 1. The highest BCUT2D eigenvalue weighted by molar-refractivity contribution is 8.01. The number of β-lactam (4-membered cyclic amide) rings is 1. The fraction of sp³-hybridized carbons (Fsp3) is 0.444. The first-order valence-corrected chi connectivity index (χ1v) is 11.8. The standard InChI is InChI=1S/C18H20N6O8S2/c1-4-8(25)9(22-32-3)12(26)19-10-15(29)24-11(17(30)31)7(5-33-16(10)24)6-34-18-20-13(27)14(28)21-23(18)2/h10,16H,4-6H2,1-3H3,(H,19,26)(H,21,28)(H,30,31)/b22-9+/t10-,16-/m1/s1. The SMILES string of the molecule is CCC(=O)/C(=N\OC)C(=O)N[C@@H]1C(=O)N2C(C(=O)O)=C(CSc3nc(=O)c(=O)[nH]n3C)CS[C@H]12. The molecule has 3 heterocycles. The van der Waals surface area contributed by atoms with E-state index in [4.69, 9.17) is 0 Å². The molecular formula is C18H20N6O8S2. The minimum atomic E-state index is -1.33. The first-order chi connectivity index (χ1) is 16.1. The number of rotatable bonds is 9. The van der Waals surface area contributed by atoms with Gasteiger partial charge in [0.05, 0.1) is 0 Å². The summed E-state index contributed by atoms with van der Waals surface area (Å²) in [4.78, 5) is 81.3. The van der Waals surface area contributed by atoms with Gasteiger partial charge in [0.1, 0.15) is 24.2 Å². The Morgan fingerprint density at radius 3 is 2.68 bits per heavy atom. The first kappa shape index (κ1) is 25.2. The van der Waals surface area contributed by atoms with E-state index in [0.717, 1.165) is 16.7 Å². The number of carbonyl (C=O) groups excluding carboxylic acids is 3. The molecule has 1 saturated heterocycles. The van der Waals surface area contributed by atoms with Gasteiger partial charge >= 0.3 is 17.1 Å². The van der Waals surface area contributed by atoms with Gasteiger partial charge in [-0.15, -0.1) is 11.8 Å². The van der Waals surface area contributed by atoms with Gasteiger partial charge in [-0.2, -0.15) is 4.98 Å². The molecule has 0 aromatic carbocycles. The number of aryl methyl sites for hydroxylation is 1. The molecule has 1 aromatic heterocycles. The summed E-state index contributed by atoms with van der Waals surface area (Å²) in [5.41, 5.74) is -2.16. The maximum Gasteiger partial charge on any atom is 0.352 e. The topological polar surface area (TPSA) is 193 Å². The molecule has 16 heteroatoms. The number of hydrogen-bond donors (Lipinski definition) is 3. The molecule has 0 aliphatic carbocycles. The molecular weight excluding hydrogens is 492 g/mol. The molecule has 0 spiro atoms. The average molecular weight is 513 g/mol. The van der Waals surface area contributed by atoms with Gasteiger partial charge in [0.25, 0.3) is 11.8 Å². The van der Waals surface area contributed by atoms with Crippen LogP contribution >= 0.6 is 23.5 Å². The van der Waals surface area contributed by atoms with Crippen molar-refractivity contribution < 1.29 is 29.1 Å². The quantitative estimate of drug-likeness (QED) is 0.0851. The van der Waals surface area contributed by atoms with Crippen molar-refractivity contribution >= 4 is 52.8 Å². The van der Waals surface area contributed by atoms with Crippen molar-refractivity contribution in [2.45, 2.75) is 29.9 Å². The van der Waals surface area contributed by atoms with E-state index in [2.05, 4.69) is 25.4 Å². The molecule has 182 valence electrons. The Balaban J connectivity index is 1.78. The summed E-state index contributed by atoms with van der Waals surface area (Å²) in [6.07, 6.45) is 0.00120. The molecule has 0 unspecified atom stereocenters. The van der Waals surface area contributed by atoms with Crippen LogP contribution < -0.4 is 16.4 Å². The van der Waals surface area contributed by atoms with E-state index in [-0.39, 0.29) is 28.8 Å². The van der Waals surface area contributed by atoms with Crippen molar-refractivity contribution in [3.05, 3.63) is 32.0 Å². The van der Waals surface area contributed by atoms with Gasteiger partial charge in [0.15, 0.2) is 10.9 Å². The van der Waals surface area contributed by atoms with Crippen LogP contribution in [0.3, 0.4) is 0 Å². The Labute approximate surface area is 199 Å². The number of aliphatic carboxylic acids is 1. The summed E-state index contributed by atoms with van der Waals surface area (Å²) in [6, 6.07) is -1.05. The van der Waals surface area contributed by atoms with Gasteiger partial charge in [0.2, 0.25) is 5.71 Å². The van der Waals surface area contributed by atoms with Gasteiger partial charge in [-0.05, 0) is 5.57 Å². The molecule has 1 aromatic rings. The zero-order chi connectivity index (χ0) is 25.2. The predicted octanol–water partition coefficient (Wildman–Crippen LogP) is -1.72. The van der Waals surface area contributed by atoms with Crippen LogP contribution in [0.2, 0.25) is 0 Å². The summed E-state index contributed by atoms with van der Waals surface area (Å²) in [5, 5.41) is 17.4. The number of ketones is 1. The fourth-order valence-corrected chi connectivity index (χ4v) is 5.63. The summed E-state index contributed by atoms with van der Waals surface area (Å²) in [7, 11) is 2.65. The molecule has 2 aliphatic heterocycles. The molecule has 2 aliphatic rings. The molecule has 34 heavy (non-hydrogen) atoms. The van der Waals surface area contributed by atoms with Crippen LogP contribution in [0.1, 0.15) is 13.3 Å². The number of Topliss-reactive ketones (excluding diaryl/α,β-unsaturated/α-hetero) is 1. The number of H-pyrrole nitrogens is 1. The molecule has 0 bridgehead atoms. The number of nitrogens with zero attached hydrogens (tertiary/aromatic N) is 4. The lowest BCUT2D eigenvalue weighted by Crippen LogP contribution is -2.71. The molecule has 3 N–H and O–H groups in total. The molecule has 3 rings (SSSR count). The van der Waals surface area contributed by atoms with E-state index < -0.39 is 51.8 Å². The maximum atomic E-state index is 12.8. The Kier molecular flexibility index (Phi) is 7.61. The summed E-state index contributed by atoms with van der Waals surface area (Å²) in [5.74, 6) is -3.13.